The fourth-order valence-electron chi connectivity index (χ4n) is 2.54. The number of hydrogen-bond acceptors (Lipinski definition) is 6. The van der Waals surface area contributed by atoms with Gasteiger partial charge in [-0.05, 0) is 18.2 Å². The molecule has 2 heterocycles. The normalized spacial score (nSPS) is 14.6. The molecule has 2 aromatic rings. The topological polar surface area (TPSA) is 101 Å². The Balaban J connectivity index is 1.70. The Morgan fingerprint density at radius 1 is 1.38 bits per heavy atom. The summed E-state index contributed by atoms with van der Waals surface area (Å²) in [6.45, 7) is 0.665. The number of ether oxygens (including phenoxy) is 1. The van der Waals surface area contributed by atoms with Crippen LogP contribution in [-0.2, 0) is 23.0 Å². The number of nitrogens with one attached hydrogen (secondary N) is 2. The van der Waals surface area contributed by atoms with Gasteiger partial charge in [-0.2, -0.15) is 4.31 Å². The number of fused-ring (bicyclic) bond motifs is 1. The average molecular weight is 417 g/mol. The van der Waals surface area contributed by atoms with Gasteiger partial charge >= 0.3 is 6.03 Å². The van der Waals surface area contributed by atoms with Crippen LogP contribution >= 0.6 is 22.9 Å². The van der Waals surface area contributed by atoms with Gasteiger partial charge in [0.2, 0.25) is 10.0 Å². The Kier molecular flexibility index (Phi) is 5.37. The lowest BCUT2D eigenvalue weighted by Gasteiger charge is -2.23. The molecule has 0 atom stereocenters. The van der Waals surface area contributed by atoms with E-state index in [1.54, 1.807) is 18.2 Å². The molecule has 0 saturated heterocycles. The lowest BCUT2D eigenvalue weighted by Crippen LogP contribution is -2.34. The molecule has 0 fully saturated rings. The van der Waals surface area contributed by atoms with Crippen LogP contribution in [0.15, 0.2) is 18.2 Å². The van der Waals surface area contributed by atoms with Crippen molar-refractivity contribution in [1.82, 2.24) is 9.29 Å². The van der Waals surface area contributed by atoms with Gasteiger partial charge in [-0.25, -0.2) is 18.2 Å². The molecule has 0 bridgehead atoms. The number of aromatic nitrogens is 1. The molecule has 0 aliphatic carbocycles. The Morgan fingerprint density at radius 3 is 2.85 bits per heavy atom. The second kappa shape index (κ2) is 7.39. The first kappa shape index (κ1) is 18.9. The van der Waals surface area contributed by atoms with Gasteiger partial charge < -0.3 is 10.1 Å². The van der Waals surface area contributed by atoms with Crippen molar-refractivity contribution in [3.8, 4) is 5.75 Å². The summed E-state index contributed by atoms with van der Waals surface area (Å²) in [7, 11) is -1.75. The van der Waals surface area contributed by atoms with Crippen molar-refractivity contribution in [3.63, 3.8) is 0 Å². The molecule has 0 radical (unpaired) electrons. The number of nitrogens with zero attached hydrogens (tertiary/aromatic N) is 2. The van der Waals surface area contributed by atoms with Crippen LogP contribution in [0.3, 0.4) is 0 Å². The number of benzene rings is 1. The summed E-state index contributed by atoms with van der Waals surface area (Å²) >= 11 is 7.21. The summed E-state index contributed by atoms with van der Waals surface area (Å²) in [5.41, 5.74) is 1.24. The summed E-state index contributed by atoms with van der Waals surface area (Å²) in [6.07, 6.45) is 1.70. The van der Waals surface area contributed by atoms with Gasteiger partial charge in [0.1, 0.15) is 5.75 Å². The van der Waals surface area contributed by atoms with E-state index in [0.717, 1.165) is 10.6 Å². The summed E-state index contributed by atoms with van der Waals surface area (Å²) < 4.78 is 29.9. The molecule has 1 aliphatic heterocycles. The lowest BCUT2D eigenvalue weighted by molar-refractivity contribution is 0.262. The van der Waals surface area contributed by atoms with E-state index in [1.807, 2.05) is 0 Å². The van der Waals surface area contributed by atoms with Gasteiger partial charge in [0.15, 0.2) is 5.13 Å². The van der Waals surface area contributed by atoms with E-state index < -0.39 is 16.1 Å². The summed E-state index contributed by atoms with van der Waals surface area (Å²) in [6, 6.07) is 4.40. The smallest absolute Gasteiger partial charge is 0.325 e. The van der Waals surface area contributed by atoms with Crippen LogP contribution in [0.1, 0.15) is 10.6 Å². The van der Waals surface area contributed by atoms with E-state index in [0.29, 0.717) is 34.6 Å². The zero-order valence-corrected chi connectivity index (χ0v) is 16.5. The van der Waals surface area contributed by atoms with Crippen molar-refractivity contribution in [2.75, 3.05) is 30.5 Å². The first-order chi connectivity index (χ1) is 12.3. The summed E-state index contributed by atoms with van der Waals surface area (Å²) in [5, 5.41) is 6.20. The highest BCUT2D eigenvalue weighted by atomic mass is 35.5. The van der Waals surface area contributed by atoms with Gasteiger partial charge in [0, 0.05) is 29.4 Å². The van der Waals surface area contributed by atoms with Crippen molar-refractivity contribution in [1.29, 1.82) is 0 Å². The minimum Gasteiger partial charge on any atom is -0.495 e. The second-order valence-corrected chi connectivity index (χ2v) is 9.16. The van der Waals surface area contributed by atoms with E-state index in [4.69, 9.17) is 16.3 Å². The van der Waals surface area contributed by atoms with Crippen LogP contribution < -0.4 is 15.4 Å². The predicted octanol–water partition coefficient (Wildman–Crippen LogP) is 2.77. The monoisotopic (exact) mass is 416 g/mol. The molecule has 2 amide bonds. The lowest BCUT2D eigenvalue weighted by atomic mass is 10.2. The van der Waals surface area contributed by atoms with Crippen molar-refractivity contribution in [3.05, 3.63) is 33.8 Å². The average Bonchev–Trinajstić information content (AvgIpc) is 2.95. The van der Waals surface area contributed by atoms with Crippen LogP contribution in [0.2, 0.25) is 5.02 Å². The van der Waals surface area contributed by atoms with Crippen LogP contribution in [0.4, 0.5) is 15.6 Å². The molecule has 1 aliphatic rings. The zero-order chi connectivity index (χ0) is 18.9. The SMILES string of the molecule is COc1ccc(Cl)cc1NC(=O)Nc1nc2c(s1)CN(S(C)(=O)=O)CC2. The molecule has 2 N–H and O–H groups in total. The highest BCUT2D eigenvalue weighted by molar-refractivity contribution is 7.88. The molecular formula is C15H17ClN4O4S2. The maximum absolute atomic E-state index is 12.2. The van der Waals surface area contributed by atoms with Crippen LogP contribution in [0, 0.1) is 0 Å². The fraction of sp³-hybridized carbons (Fsp3) is 0.333. The molecule has 0 unspecified atom stereocenters. The van der Waals surface area contributed by atoms with Gasteiger partial charge in [0.25, 0.3) is 0 Å². The molecule has 140 valence electrons. The molecule has 11 heteroatoms. The molecule has 0 spiro atoms. The molecular weight excluding hydrogens is 400 g/mol. The van der Waals surface area contributed by atoms with Gasteiger partial charge in [-0.1, -0.05) is 22.9 Å². The quantitative estimate of drug-likeness (QED) is 0.798. The van der Waals surface area contributed by atoms with Crippen molar-refractivity contribution >= 4 is 49.8 Å². The highest BCUT2D eigenvalue weighted by Crippen LogP contribution is 2.30. The zero-order valence-electron chi connectivity index (χ0n) is 14.1. The Hall–Kier alpha value is -1.88. The van der Waals surface area contributed by atoms with Crippen molar-refractivity contribution in [2.45, 2.75) is 13.0 Å². The molecule has 8 nitrogen and oxygen atoms in total. The number of urea groups is 1. The van der Waals surface area contributed by atoms with E-state index >= 15 is 0 Å². The third-order valence-corrected chi connectivity index (χ3v) is 6.28. The van der Waals surface area contributed by atoms with Crippen LogP contribution in [0.25, 0.3) is 0 Å². The summed E-state index contributed by atoms with van der Waals surface area (Å²) in [4.78, 5) is 17.4. The Labute approximate surface area is 160 Å². The Bertz CT molecular complexity index is 945. The molecule has 3 rings (SSSR count). The van der Waals surface area contributed by atoms with Crippen LogP contribution in [0.5, 0.6) is 5.75 Å². The maximum Gasteiger partial charge on any atom is 0.325 e. The van der Waals surface area contributed by atoms with E-state index in [2.05, 4.69) is 15.6 Å². The number of sulfonamides is 1. The second-order valence-electron chi connectivity index (χ2n) is 5.66. The maximum atomic E-state index is 12.2. The minimum atomic E-state index is -3.25. The largest absolute Gasteiger partial charge is 0.495 e. The van der Waals surface area contributed by atoms with E-state index in [1.165, 1.54) is 29.0 Å². The minimum absolute atomic E-state index is 0.275. The molecule has 1 aromatic carbocycles. The van der Waals surface area contributed by atoms with Gasteiger partial charge in [0.05, 0.1) is 24.7 Å². The van der Waals surface area contributed by atoms with Gasteiger partial charge in [-0.15, -0.1) is 0 Å². The van der Waals surface area contributed by atoms with Crippen molar-refractivity contribution < 1.29 is 17.9 Å². The first-order valence-electron chi connectivity index (χ1n) is 7.61. The third kappa shape index (κ3) is 4.26. The van der Waals surface area contributed by atoms with Crippen molar-refractivity contribution in [2.24, 2.45) is 0 Å². The Morgan fingerprint density at radius 2 is 2.15 bits per heavy atom. The number of rotatable bonds is 4. The van der Waals surface area contributed by atoms with Crippen LogP contribution in [-0.4, -0.2) is 43.6 Å². The standard InChI is InChI=1S/C15H17ClN4O4S2/c1-24-12-4-3-9(16)7-11(12)17-14(21)19-15-18-10-5-6-20(26(2,22)23)8-13(10)25-15/h3-4,7H,5-6,8H2,1-2H3,(H2,17,18,19,21). The summed E-state index contributed by atoms with van der Waals surface area (Å²) in [5.74, 6) is 0.478. The number of anilines is 2. The first-order valence-corrected chi connectivity index (χ1v) is 10.7. The number of amides is 2. The van der Waals surface area contributed by atoms with E-state index in [9.17, 15) is 13.2 Å². The molecule has 26 heavy (non-hydrogen) atoms. The fourth-order valence-corrected chi connectivity index (χ4v) is 4.60. The number of methoxy groups -OCH3 is 1. The number of thiazole rings is 1. The number of carbonyl (C=O) groups is 1. The third-order valence-electron chi connectivity index (χ3n) is 3.80. The van der Waals surface area contributed by atoms with E-state index in [-0.39, 0.29) is 6.54 Å². The molecule has 0 saturated carbocycles. The van der Waals surface area contributed by atoms with Gasteiger partial charge in [-0.3, -0.25) is 5.32 Å². The number of halogens is 1. The number of carbonyl (C=O) groups excluding carboxylic acids is 1. The number of hydrogen-bond donors (Lipinski definition) is 2. The highest BCUT2D eigenvalue weighted by Gasteiger charge is 2.26. The predicted molar refractivity (Wildman–Crippen MR) is 102 cm³/mol. The molecule has 1 aromatic heterocycles.